The van der Waals surface area contributed by atoms with E-state index in [9.17, 15) is 13.2 Å². The molecular weight excluding hydrogens is 267 g/mol. The third-order valence-corrected chi connectivity index (χ3v) is 3.04. The number of nitrogens with one attached hydrogen (secondary N) is 1. The lowest BCUT2D eigenvalue weighted by molar-refractivity contribution is -0.138. The van der Waals surface area contributed by atoms with Crippen molar-refractivity contribution in [3.05, 3.63) is 41.2 Å². The predicted octanol–water partition coefficient (Wildman–Crippen LogP) is 4.28. The highest BCUT2D eigenvalue weighted by atomic mass is 19.4. The van der Waals surface area contributed by atoms with Gasteiger partial charge in [-0.15, -0.1) is 0 Å². The quantitative estimate of drug-likeness (QED) is 0.911. The summed E-state index contributed by atoms with van der Waals surface area (Å²) in [5, 5.41) is 2.94. The number of aryl methyl sites for hydroxylation is 3. The Bertz CT molecular complexity index is 615. The van der Waals surface area contributed by atoms with Crippen molar-refractivity contribution in [1.82, 2.24) is 9.55 Å². The number of hydrogen-bond donors (Lipinski definition) is 1. The van der Waals surface area contributed by atoms with E-state index in [2.05, 4.69) is 10.3 Å². The molecule has 0 unspecified atom stereocenters. The molecule has 0 aliphatic rings. The molecule has 1 heterocycles. The monoisotopic (exact) mass is 283 g/mol. The number of imidazole rings is 1. The molecule has 3 nitrogen and oxygen atoms in total. The van der Waals surface area contributed by atoms with Crippen molar-refractivity contribution >= 4 is 11.6 Å². The standard InChI is InChI=1S/C14H16F3N3/c1-4-20-8-10(3)18-13(20)19-11-6-5-9(2)12(7-11)14(15,16)17/h5-8H,4H2,1-3H3,(H,18,19). The van der Waals surface area contributed by atoms with Crippen LogP contribution in [-0.4, -0.2) is 9.55 Å². The Kier molecular flexibility index (Phi) is 3.74. The van der Waals surface area contributed by atoms with Gasteiger partial charge in [0, 0.05) is 18.4 Å². The van der Waals surface area contributed by atoms with Gasteiger partial charge in [0.05, 0.1) is 11.3 Å². The summed E-state index contributed by atoms with van der Waals surface area (Å²) in [4.78, 5) is 4.26. The molecule has 6 heteroatoms. The van der Waals surface area contributed by atoms with Crippen molar-refractivity contribution in [1.29, 1.82) is 0 Å². The van der Waals surface area contributed by atoms with E-state index in [1.165, 1.54) is 13.0 Å². The van der Waals surface area contributed by atoms with E-state index >= 15 is 0 Å². The first-order valence-electron chi connectivity index (χ1n) is 6.30. The lowest BCUT2D eigenvalue weighted by Gasteiger charge is -2.13. The number of aromatic nitrogens is 2. The first-order valence-corrected chi connectivity index (χ1v) is 6.30. The summed E-state index contributed by atoms with van der Waals surface area (Å²) in [6.45, 7) is 5.93. The smallest absolute Gasteiger partial charge is 0.326 e. The number of rotatable bonds is 3. The Hall–Kier alpha value is -1.98. The summed E-state index contributed by atoms with van der Waals surface area (Å²) in [6.07, 6.45) is -2.50. The van der Waals surface area contributed by atoms with Gasteiger partial charge in [-0.25, -0.2) is 4.98 Å². The van der Waals surface area contributed by atoms with E-state index in [-0.39, 0.29) is 5.56 Å². The minimum atomic E-state index is -4.35. The fourth-order valence-corrected chi connectivity index (χ4v) is 2.02. The number of hydrogen-bond acceptors (Lipinski definition) is 2. The van der Waals surface area contributed by atoms with E-state index in [0.29, 0.717) is 18.2 Å². The molecule has 0 aliphatic carbocycles. The second kappa shape index (κ2) is 5.19. The zero-order chi connectivity index (χ0) is 14.9. The van der Waals surface area contributed by atoms with Crippen LogP contribution in [0.3, 0.4) is 0 Å². The van der Waals surface area contributed by atoms with Crippen LogP contribution in [0.4, 0.5) is 24.8 Å². The lowest BCUT2D eigenvalue weighted by atomic mass is 10.1. The first-order chi connectivity index (χ1) is 9.31. The highest BCUT2D eigenvalue weighted by Gasteiger charge is 2.32. The van der Waals surface area contributed by atoms with Gasteiger partial charge in [-0.05, 0) is 38.5 Å². The van der Waals surface area contributed by atoms with Crippen molar-refractivity contribution < 1.29 is 13.2 Å². The van der Waals surface area contributed by atoms with Crippen molar-refractivity contribution in [3.8, 4) is 0 Å². The SMILES string of the molecule is CCn1cc(C)nc1Nc1ccc(C)c(C(F)(F)F)c1. The largest absolute Gasteiger partial charge is 0.416 e. The van der Waals surface area contributed by atoms with Crippen LogP contribution < -0.4 is 5.32 Å². The second-order valence-corrected chi connectivity index (χ2v) is 4.64. The van der Waals surface area contributed by atoms with E-state index in [4.69, 9.17) is 0 Å². The molecule has 1 aromatic carbocycles. The Labute approximate surface area is 115 Å². The van der Waals surface area contributed by atoms with E-state index in [1.807, 2.05) is 24.6 Å². The maximum absolute atomic E-state index is 12.9. The minimum Gasteiger partial charge on any atom is -0.326 e. The van der Waals surface area contributed by atoms with Gasteiger partial charge in [-0.2, -0.15) is 13.2 Å². The van der Waals surface area contributed by atoms with Gasteiger partial charge in [-0.3, -0.25) is 0 Å². The predicted molar refractivity (Wildman–Crippen MR) is 72.1 cm³/mol. The molecule has 0 radical (unpaired) electrons. The molecule has 0 saturated heterocycles. The number of benzene rings is 1. The van der Waals surface area contributed by atoms with E-state index in [0.717, 1.165) is 11.8 Å². The molecule has 108 valence electrons. The highest BCUT2D eigenvalue weighted by molar-refractivity contribution is 5.57. The molecule has 0 fully saturated rings. The molecule has 0 amide bonds. The van der Waals surface area contributed by atoms with Crippen LogP contribution in [-0.2, 0) is 12.7 Å². The minimum absolute atomic E-state index is 0.207. The van der Waals surface area contributed by atoms with Crippen molar-refractivity contribution in [2.45, 2.75) is 33.5 Å². The van der Waals surface area contributed by atoms with Crippen molar-refractivity contribution in [3.63, 3.8) is 0 Å². The van der Waals surface area contributed by atoms with Crippen molar-refractivity contribution in [2.24, 2.45) is 0 Å². The lowest BCUT2D eigenvalue weighted by Crippen LogP contribution is -2.09. The average Bonchev–Trinajstić information content (AvgIpc) is 2.70. The average molecular weight is 283 g/mol. The van der Waals surface area contributed by atoms with Gasteiger partial charge in [0.15, 0.2) is 0 Å². The zero-order valence-electron chi connectivity index (χ0n) is 11.5. The normalized spacial score (nSPS) is 11.7. The van der Waals surface area contributed by atoms with Crippen LogP contribution in [0.1, 0.15) is 23.7 Å². The number of alkyl halides is 3. The topological polar surface area (TPSA) is 29.9 Å². The Morgan fingerprint density at radius 3 is 2.55 bits per heavy atom. The zero-order valence-corrected chi connectivity index (χ0v) is 11.5. The van der Waals surface area contributed by atoms with E-state index < -0.39 is 11.7 Å². The fraction of sp³-hybridized carbons (Fsp3) is 0.357. The molecule has 2 rings (SSSR count). The summed E-state index contributed by atoms with van der Waals surface area (Å²) in [5.74, 6) is 0.543. The second-order valence-electron chi connectivity index (χ2n) is 4.64. The van der Waals surface area contributed by atoms with Crippen LogP contribution >= 0.6 is 0 Å². The molecule has 20 heavy (non-hydrogen) atoms. The molecule has 0 saturated carbocycles. The Balaban J connectivity index is 2.35. The summed E-state index contributed by atoms with van der Waals surface area (Å²) in [6, 6.07) is 4.19. The van der Waals surface area contributed by atoms with E-state index in [1.54, 1.807) is 6.07 Å². The van der Waals surface area contributed by atoms with Crippen LogP contribution in [0, 0.1) is 13.8 Å². The maximum atomic E-state index is 12.9. The summed E-state index contributed by atoms with van der Waals surface area (Å²) in [7, 11) is 0. The first kappa shape index (κ1) is 14.4. The van der Waals surface area contributed by atoms with Gasteiger partial charge < -0.3 is 9.88 Å². The summed E-state index contributed by atoms with van der Waals surface area (Å²) < 4.78 is 40.5. The van der Waals surface area contributed by atoms with Gasteiger partial charge in [-0.1, -0.05) is 6.07 Å². The summed E-state index contributed by atoms with van der Waals surface area (Å²) >= 11 is 0. The highest BCUT2D eigenvalue weighted by Crippen LogP contribution is 2.34. The van der Waals surface area contributed by atoms with Crippen molar-refractivity contribution in [2.75, 3.05) is 5.32 Å². The van der Waals surface area contributed by atoms with Crippen LogP contribution in [0.15, 0.2) is 24.4 Å². The molecular formula is C14H16F3N3. The molecule has 0 atom stereocenters. The summed E-state index contributed by atoms with van der Waals surface area (Å²) in [5.41, 5.74) is 0.771. The van der Waals surface area contributed by atoms with Gasteiger partial charge >= 0.3 is 6.18 Å². The fourth-order valence-electron chi connectivity index (χ4n) is 2.02. The maximum Gasteiger partial charge on any atom is 0.416 e. The molecule has 1 aromatic heterocycles. The molecule has 2 aromatic rings. The molecule has 0 aliphatic heterocycles. The van der Waals surface area contributed by atoms with Crippen LogP contribution in [0.2, 0.25) is 0 Å². The number of anilines is 2. The molecule has 1 N–H and O–H groups in total. The van der Waals surface area contributed by atoms with Gasteiger partial charge in [0.2, 0.25) is 5.95 Å². The van der Waals surface area contributed by atoms with Crippen LogP contribution in [0.25, 0.3) is 0 Å². The Morgan fingerprint density at radius 1 is 1.25 bits per heavy atom. The molecule has 0 bridgehead atoms. The van der Waals surface area contributed by atoms with Gasteiger partial charge in [0.25, 0.3) is 0 Å². The van der Waals surface area contributed by atoms with Crippen LogP contribution in [0.5, 0.6) is 0 Å². The number of halogens is 3. The third-order valence-electron chi connectivity index (χ3n) is 3.04. The van der Waals surface area contributed by atoms with Gasteiger partial charge in [0.1, 0.15) is 0 Å². The third kappa shape index (κ3) is 2.95. The molecule has 0 spiro atoms. The Morgan fingerprint density at radius 2 is 1.95 bits per heavy atom. The number of nitrogens with zero attached hydrogens (tertiary/aromatic N) is 2.